The number of likely N-dealkylation sites (tertiary alicyclic amines) is 1. The molecule has 0 radical (unpaired) electrons. The SMILES string of the molecule is CCC(C)C(=O)N1CSCC1C(=O)N1C[C@@H](C(F)(F)F)[C@H](C(=O)O)C1. The fraction of sp³-hybridized carbons (Fsp3) is 0.800. The minimum Gasteiger partial charge on any atom is -0.481 e. The number of aliphatic carboxylic acids is 1. The van der Waals surface area contributed by atoms with Gasteiger partial charge in [0, 0.05) is 24.8 Å². The summed E-state index contributed by atoms with van der Waals surface area (Å²) >= 11 is 1.37. The Hall–Kier alpha value is -1.45. The first-order valence-corrected chi connectivity index (χ1v) is 9.19. The van der Waals surface area contributed by atoms with E-state index in [1.165, 1.54) is 16.7 Å². The third kappa shape index (κ3) is 4.04. The van der Waals surface area contributed by atoms with Crippen LogP contribution in [-0.2, 0) is 14.4 Å². The van der Waals surface area contributed by atoms with Crippen molar-refractivity contribution in [3.8, 4) is 0 Å². The monoisotopic (exact) mass is 382 g/mol. The summed E-state index contributed by atoms with van der Waals surface area (Å²) in [6, 6.07) is -0.826. The quantitative estimate of drug-likeness (QED) is 0.800. The molecule has 1 N–H and O–H groups in total. The number of nitrogens with zero attached hydrogens (tertiary/aromatic N) is 2. The van der Waals surface area contributed by atoms with Crippen molar-refractivity contribution in [1.29, 1.82) is 0 Å². The summed E-state index contributed by atoms with van der Waals surface area (Å²) in [6.07, 6.45) is -4.09. The first-order chi connectivity index (χ1) is 11.6. The Kier molecular flexibility index (Phi) is 5.90. The molecule has 2 amide bonds. The molecule has 4 atom stereocenters. The van der Waals surface area contributed by atoms with Gasteiger partial charge in [-0.1, -0.05) is 13.8 Å². The number of thioether (sulfide) groups is 1. The molecule has 0 spiro atoms. The zero-order chi connectivity index (χ0) is 18.9. The highest BCUT2D eigenvalue weighted by Crippen LogP contribution is 2.38. The average Bonchev–Trinajstić information content (AvgIpc) is 3.18. The van der Waals surface area contributed by atoms with Crippen LogP contribution in [-0.4, -0.2) is 69.6 Å². The minimum atomic E-state index is -4.69. The Morgan fingerprint density at radius 2 is 1.92 bits per heavy atom. The van der Waals surface area contributed by atoms with Gasteiger partial charge in [-0.2, -0.15) is 13.2 Å². The van der Waals surface area contributed by atoms with E-state index >= 15 is 0 Å². The number of carboxylic acid groups (broad SMARTS) is 1. The van der Waals surface area contributed by atoms with Gasteiger partial charge >= 0.3 is 12.1 Å². The van der Waals surface area contributed by atoms with Gasteiger partial charge in [0.05, 0.1) is 17.7 Å². The number of alkyl halides is 3. The van der Waals surface area contributed by atoms with Crippen molar-refractivity contribution >= 4 is 29.5 Å². The summed E-state index contributed by atoms with van der Waals surface area (Å²) in [5.41, 5.74) is 0. The molecular formula is C15H21F3N2O4S. The molecule has 0 aromatic rings. The molecule has 2 saturated heterocycles. The van der Waals surface area contributed by atoms with Gasteiger partial charge < -0.3 is 14.9 Å². The fourth-order valence-corrected chi connectivity index (χ4v) is 4.25. The smallest absolute Gasteiger partial charge is 0.394 e. The normalized spacial score (nSPS) is 28.3. The van der Waals surface area contributed by atoms with Crippen molar-refractivity contribution < 1.29 is 32.7 Å². The summed E-state index contributed by atoms with van der Waals surface area (Å²) in [5.74, 6) is -5.76. The largest absolute Gasteiger partial charge is 0.481 e. The zero-order valence-electron chi connectivity index (χ0n) is 14.0. The van der Waals surface area contributed by atoms with Crippen LogP contribution in [0.25, 0.3) is 0 Å². The topological polar surface area (TPSA) is 77.9 Å². The van der Waals surface area contributed by atoms with Gasteiger partial charge in [-0.25, -0.2) is 0 Å². The van der Waals surface area contributed by atoms with Crippen molar-refractivity contribution in [3.63, 3.8) is 0 Å². The number of hydrogen-bond acceptors (Lipinski definition) is 4. The predicted octanol–water partition coefficient (Wildman–Crippen LogP) is 1.66. The molecule has 0 saturated carbocycles. The second-order valence-corrected chi connectivity index (χ2v) is 7.47. The lowest BCUT2D eigenvalue weighted by atomic mass is 9.96. The van der Waals surface area contributed by atoms with E-state index < -0.39 is 49.0 Å². The van der Waals surface area contributed by atoms with E-state index in [1.807, 2.05) is 6.92 Å². The number of rotatable bonds is 4. The molecule has 6 nitrogen and oxygen atoms in total. The lowest BCUT2D eigenvalue weighted by Gasteiger charge is -2.29. The van der Waals surface area contributed by atoms with Gasteiger partial charge in [-0.15, -0.1) is 11.8 Å². The lowest BCUT2D eigenvalue weighted by molar-refractivity contribution is -0.188. The van der Waals surface area contributed by atoms with Crippen molar-refractivity contribution in [3.05, 3.63) is 0 Å². The highest BCUT2D eigenvalue weighted by Gasteiger charge is 2.54. The maximum Gasteiger partial charge on any atom is 0.394 e. The molecule has 0 aromatic carbocycles. The second kappa shape index (κ2) is 7.43. The fourth-order valence-electron chi connectivity index (χ4n) is 3.10. The van der Waals surface area contributed by atoms with Crippen molar-refractivity contribution in [2.75, 3.05) is 24.7 Å². The Bertz CT molecular complexity index is 557. The summed E-state index contributed by atoms with van der Waals surface area (Å²) in [5, 5.41) is 9.05. The van der Waals surface area contributed by atoms with Crippen LogP contribution in [0.3, 0.4) is 0 Å². The van der Waals surface area contributed by atoms with Crippen LogP contribution in [0.5, 0.6) is 0 Å². The molecule has 2 heterocycles. The van der Waals surface area contributed by atoms with Crippen LogP contribution >= 0.6 is 11.8 Å². The van der Waals surface area contributed by atoms with Crippen LogP contribution in [0.15, 0.2) is 0 Å². The maximum absolute atomic E-state index is 13.1. The van der Waals surface area contributed by atoms with Gasteiger partial charge in [-0.05, 0) is 6.42 Å². The molecule has 2 aliphatic heterocycles. The number of amides is 2. The van der Waals surface area contributed by atoms with E-state index in [-0.39, 0.29) is 11.8 Å². The van der Waals surface area contributed by atoms with Gasteiger partial charge in [0.25, 0.3) is 0 Å². The molecule has 0 bridgehead atoms. The first-order valence-electron chi connectivity index (χ1n) is 8.04. The van der Waals surface area contributed by atoms with Crippen LogP contribution < -0.4 is 0 Å². The van der Waals surface area contributed by atoms with Gasteiger partial charge in [0.1, 0.15) is 6.04 Å². The summed E-state index contributed by atoms with van der Waals surface area (Å²) < 4.78 is 39.2. The molecule has 0 aromatic heterocycles. The van der Waals surface area contributed by atoms with Crippen LogP contribution in [0.1, 0.15) is 20.3 Å². The van der Waals surface area contributed by atoms with Crippen LogP contribution in [0.2, 0.25) is 0 Å². The predicted molar refractivity (Wildman–Crippen MR) is 84.7 cm³/mol. The van der Waals surface area contributed by atoms with Gasteiger partial charge in [-0.3, -0.25) is 14.4 Å². The van der Waals surface area contributed by atoms with Crippen molar-refractivity contribution in [2.45, 2.75) is 32.5 Å². The summed E-state index contributed by atoms with van der Waals surface area (Å²) in [7, 11) is 0. The minimum absolute atomic E-state index is 0.202. The molecule has 2 rings (SSSR count). The Balaban J connectivity index is 2.14. The number of carboxylic acids is 1. The van der Waals surface area contributed by atoms with E-state index in [2.05, 4.69) is 0 Å². The summed E-state index contributed by atoms with van der Waals surface area (Å²) in [6.45, 7) is 2.42. The lowest BCUT2D eigenvalue weighted by Crippen LogP contribution is -2.50. The highest BCUT2D eigenvalue weighted by molar-refractivity contribution is 7.99. The molecule has 0 aliphatic carbocycles. The number of halogens is 3. The number of carbonyl (C=O) groups is 3. The number of hydrogen-bond donors (Lipinski definition) is 1. The average molecular weight is 382 g/mol. The molecular weight excluding hydrogens is 361 g/mol. The van der Waals surface area contributed by atoms with E-state index in [4.69, 9.17) is 5.11 Å². The van der Waals surface area contributed by atoms with E-state index in [1.54, 1.807) is 6.92 Å². The first kappa shape index (κ1) is 19.9. The molecule has 2 unspecified atom stereocenters. The van der Waals surface area contributed by atoms with Gasteiger partial charge in [0.15, 0.2) is 0 Å². The molecule has 2 aliphatic rings. The molecule has 10 heteroatoms. The number of carbonyl (C=O) groups excluding carboxylic acids is 2. The third-order valence-electron chi connectivity index (χ3n) is 4.85. The Labute approximate surface area is 147 Å². The molecule has 25 heavy (non-hydrogen) atoms. The van der Waals surface area contributed by atoms with E-state index in [0.717, 1.165) is 4.90 Å². The van der Waals surface area contributed by atoms with Crippen molar-refractivity contribution in [1.82, 2.24) is 9.80 Å². The zero-order valence-corrected chi connectivity index (χ0v) is 14.8. The molecule has 2 fully saturated rings. The summed E-state index contributed by atoms with van der Waals surface area (Å²) in [4.78, 5) is 38.5. The van der Waals surface area contributed by atoms with Crippen molar-refractivity contribution in [2.24, 2.45) is 17.8 Å². The Morgan fingerprint density at radius 3 is 2.40 bits per heavy atom. The van der Waals surface area contributed by atoms with E-state index in [9.17, 15) is 27.6 Å². The standard InChI is InChI=1S/C15H21F3N2O4S/c1-3-8(2)12(21)20-7-25-6-11(20)13(22)19-4-9(14(23)24)10(5-19)15(16,17)18/h8-11H,3-7H2,1-2H3,(H,23,24)/t8?,9-,10-,11?/m1/s1. The van der Waals surface area contributed by atoms with Crippen LogP contribution in [0.4, 0.5) is 13.2 Å². The molecule has 142 valence electrons. The van der Waals surface area contributed by atoms with E-state index in [0.29, 0.717) is 18.1 Å². The third-order valence-corrected chi connectivity index (χ3v) is 5.87. The second-order valence-electron chi connectivity index (χ2n) is 6.47. The van der Waals surface area contributed by atoms with Crippen LogP contribution in [0, 0.1) is 17.8 Å². The maximum atomic E-state index is 13.1. The van der Waals surface area contributed by atoms with Gasteiger partial charge in [0.2, 0.25) is 11.8 Å². The highest BCUT2D eigenvalue weighted by atomic mass is 32.2. The Morgan fingerprint density at radius 1 is 1.28 bits per heavy atom.